The SMILES string of the molecule is O/N=C1/CC2(CCN(Cc3ccccc3)CC2)Oc2ccc(F)cc21.O=C1CC2(CCN(Cc3ccccc3)CC2)Oc2ccc(F)cc21.ONCl. The van der Waals surface area contributed by atoms with Crippen LogP contribution in [0, 0.1) is 11.6 Å². The number of nitrogens with one attached hydrogen (secondary N) is 1. The summed E-state index contributed by atoms with van der Waals surface area (Å²) < 4.78 is 39.3. The van der Waals surface area contributed by atoms with E-state index in [1.807, 2.05) is 12.1 Å². The minimum atomic E-state index is -0.422. The van der Waals surface area contributed by atoms with Crippen LogP contribution < -0.4 is 14.5 Å². The summed E-state index contributed by atoms with van der Waals surface area (Å²) in [7, 11) is 0. The number of fused-ring (bicyclic) bond motifs is 2. The lowest BCUT2D eigenvalue weighted by Gasteiger charge is -2.44. The first-order valence-electron chi connectivity index (χ1n) is 17.5. The Hall–Kier alpha value is -4.39. The normalized spacial score (nSPS) is 19.6. The minimum Gasteiger partial charge on any atom is -0.486 e. The lowest BCUT2D eigenvalue weighted by molar-refractivity contribution is -0.0108. The van der Waals surface area contributed by atoms with Gasteiger partial charge >= 0.3 is 0 Å². The monoisotopic (exact) mass is 732 g/mol. The number of nitrogens with zero attached hydrogens (tertiary/aromatic N) is 3. The Balaban J connectivity index is 0.000000166. The second-order valence-electron chi connectivity index (χ2n) is 13.8. The number of hydrogen-bond acceptors (Lipinski definition) is 9. The van der Waals surface area contributed by atoms with Crippen LogP contribution in [0.4, 0.5) is 8.78 Å². The molecule has 4 heterocycles. The molecular formula is C40H43ClF2N4O5. The summed E-state index contributed by atoms with van der Waals surface area (Å²) in [5.41, 5.74) is 3.27. The Labute approximate surface area is 307 Å². The number of halogens is 3. The highest BCUT2D eigenvalue weighted by atomic mass is 35.5. The van der Waals surface area contributed by atoms with Crippen molar-refractivity contribution in [2.45, 2.75) is 62.8 Å². The molecule has 4 aliphatic rings. The highest BCUT2D eigenvalue weighted by Crippen LogP contribution is 2.41. The molecule has 2 fully saturated rings. The van der Waals surface area contributed by atoms with Crippen LogP contribution in [0.5, 0.6) is 11.5 Å². The molecule has 0 aliphatic carbocycles. The van der Waals surface area contributed by atoms with Crippen LogP contribution in [0.1, 0.15) is 65.6 Å². The van der Waals surface area contributed by atoms with Crippen molar-refractivity contribution >= 4 is 23.3 Å². The number of Topliss-reactive ketones (excluding diaryl/α,β-unsaturated/α-hetero) is 1. The van der Waals surface area contributed by atoms with Crippen molar-refractivity contribution in [2.24, 2.45) is 5.16 Å². The first-order valence-corrected chi connectivity index (χ1v) is 17.8. The number of benzene rings is 4. The second kappa shape index (κ2) is 17.0. The Morgan fingerprint density at radius 1 is 0.692 bits per heavy atom. The Kier molecular flexibility index (Phi) is 12.2. The maximum atomic E-state index is 13.5. The van der Waals surface area contributed by atoms with Crippen LogP contribution in [0.2, 0.25) is 0 Å². The first kappa shape index (κ1) is 37.4. The molecule has 3 N–H and O–H groups in total. The summed E-state index contributed by atoms with van der Waals surface area (Å²) in [5, 5.41) is 19.9. The van der Waals surface area contributed by atoms with E-state index in [2.05, 4.69) is 75.3 Å². The van der Waals surface area contributed by atoms with Crippen molar-refractivity contribution in [3.8, 4) is 11.5 Å². The topological polar surface area (TPSA) is 107 Å². The van der Waals surface area contributed by atoms with Gasteiger partial charge in [-0.25, -0.2) is 8.78 Å². The van der Waals surface area contributed by atoms with Gasteiger partial charge in [0, 0.05) is 88.7 Å². The second-order valence-corrected chi connectivity index (χ2v) is 14.0. The third kappa shape index (κ3) is 9.15. The molecule has 4 aromatic rings. The molecule has 0 bridgehead atoms. The quantitative estimate of drug-likeness (QED) is 0.111. The van der Waals surface area contributed by atoms with Gasteiger partial charge in [0.2, 0.25) is 0 Å². The average molecular weight is 733 g/mol. The van der Waals surface area contributed by atoms with E-state index >= 15 is 0 Å². The van der Waals surface area contributed by atoms with Gasteiger partial charge in [0.1, 0.15) is 34.3 Å². The number of hydrogen-bond donors (Lipinski definition) is 3. The smallest absolute Gasteiger partial charge is 0.170 e. The fraction of sp³-hybridized carbons (Fsp3) is 0.350. The van der Waals surface area contributed by atoms with Gasteiger partial charge in [-0.2, -0.15) is 0 Å². The van der Waals surface area contributed by atoms with Gasteiger partial charge < -0.3 is 19.9 Å². The molecule has 12 heteroatoms. The lowest BCUT2D eigenvalue weighted by atomic mass is 9.82. The van der Waals surface area contributed by atoms with Gasteiger partial charge in [0.25, 0.3) is 0 Å². The summed E-state index contributed by atoms with van der Waals surface area (Å²) in [6.45, 7) is 5.50. The summed E-state index contributed by atoms with van der Waals surface area (Å²) in [4.78, 5) is 18.5. The van der Waals surface area contributed by atoms with Crippen molar-refractivity contribution in [1.29, 1.82) is 0 Å². The highest BCUT2D eigenvalue weighted by Gasteiger charge is 2.44. The number of ketones is 1. The van der Waals surface area contributed by atoms with E-state index in [9.17, 15) is 18.8 Å². The summed E-state index contributed by atoms with van der Waals surface area (Å²) in [6.07, 6.45) is 4.22. The van der Waals surface area contributed by atoms with Crippen LogP contribution in [-0.4, -0.2) is 69.1 Å². The molecule has 0 unspecified atom stereocenters. The Bertz CT molecular complexity index is 1830. The molecule has 52 heavy (non-hydrogen) atoms. The number of ether oxygens (including phenoxy) is 2. The van der Waals surface area contributed by atoms with E-state index in [-0.39, 0.29) is 23.0 Å². The van der Waals surface area contributed by atoms with Crippen molar-refractivity contribution in [3.05, 3.63) is 131 Å². The molecule has 0 radical (unpaired) electrons. The lowest BCUT2D eigenvalue weighted by Crippen LogP contribution is -2.50. The van der Waals surface area contributed by atoms with Gasteiger partial charge in [0.15, 0.2) is 5.78 Å². The van der Waals surface area contributed by atoms with E-state index in [1.165, 1.54) is 40.4 Å². The predicted octanol–water partition coefficient (Wildman–Crippen LogP) is 7.77. The molecule has 0 aromatic heterocycles. The zero-order chi connectivity index (χ0) is 36.6. The molecule has 274 valence electrons. The van der Waals surface area contributed by atoms with Gasteiger partial charge in [-0.05, 0) is 47.5 Å². The molecule has 0 amide bonds. The number of rotatable bonds is 4. The third-order valence-corrected chi connectivity index (χ3v) is 10.3. The fourth-order valence-electron chi connectivity index (χ4n) is 7.52. The van der Waals surface area contributed by atoms with Crippen LogP contribution in [-0.2, 0) is 13.1 Å². The molecule has 2 saturated heterocycles. The van der Waals surface area contributed by atoms with Crippen molar-refractivity contribution < 1.29 is 33.5 Å². The van der Waals surface area contributed by atoms with Crippen LogP contribution in [0.25, 0.3) is 0 Å². The van der Waals surface area contributed by atoms with Gasteiger partial charge in [0.05, 0.1) is 17.7 Å². The van der Waals surface area contributed by atoms with Crippen LogP contribution in [0.3, 0.4) is 0 Å². The third-order valence-electron chi connectivity index (χ3n) is 10.3. The van der Waals surface area contributed by atoms with E-state index < -0.39 is 5.60 Å². The molecule has 2 spiro atoms. The Morgan fingerprint density at radius 3 is 1.58 bits per heavy atom. The number of likely N-dealkylation sites (tertiary alicyclic amines) is 2. The largest absolute Gasteiger partial charge is 0.486 e. The van der Waals surface area contributed by atoms with Crippen LogP contribution in [0.15, 0.2) is 102 Å². The average Bonchev–Trinajstić information content (AvgIpc) is 3.15. The van der Waals surface area contributed by atoms with E-state index in [0.29, 0.717) is 41.2 Å². The number of oxime groups is 1. The standard InChI is InChI=1S/C20H21FN2O2.C20H20FNO2.ClH2NO/c21-16-6-7-19-17(12-16)18(22-24)13-20(25-19)8-10-23(11-9-20)14-15-4-2-1-3-5-15;21-16-6-7-19-17(12-16)18(23)13-20(24-19)8-10-22(11-9-20)14-15-4-2-1-3-5-15;1-2-3/h1-7,12,24H,8-11,13-14H2;1-7,12H,8-11,13-14H2;2-3H/b22-18-;;. The maximum Gasteiger partial charge on any atom is 0.170 e. The first-order chi connectivity index (χ1) is 25.2. The van der Waals surface area contributed by atoms with Gasteiger partial charge in [-0.15, -0.1) is 5.00 Å². The fourth-order valence-corrected chi connectivity index (χ4v) is 7.52. The molecule has 4 aromatic carbocycles. The predicted molar refractivity (Wildman–Crippen MR) is 194 cm³/mol. The summed E-state index contributed by atoms with van der Waals surface area (Å²) in [5.74, 6) is 0.393. The number of piperidine rings is 2. The Morgan fingerprint density at radius 2 is 1.12 bits per heavy atom. The molecule has 9 nitrogen and oxygen atoms in total. The molecular weight excluding hydrogens is 690 g/mol. The molecule has 4 aliphatic heterocycles. The van der Waals surface area contributed by atoms with Gasteiger partial charge in [-0.3, -0.25) is 14.6 Å². The number of carbonyl (C=O) groups excluding carboxylic acids is 1. The zero-order valence-corrected chi connectivity index (χ0v) is 29.6. The highest BCUT2D eigenvalue weighted by molar-refractivity contribution is 6.12. The van der Waals surface area contributed by atoms with Crippen LogP contribution >= 0.6 is 11.8 Å². The zero-order valence-electron chi connectivity index (χ0n) is 28.8. The van der Waals surface area contributed by atoms with Crippen molar-refractivity contribution in [3.63, 3.8) is 0 Å². The molecule has 8 rings (SSSR count). The van der Waals surface area contributed by atoms with E-state index in [1.54, 1.807) is 12.1 Å². The van der Waals surface area contributed by atoms with Crippen molar-refractivity contribution in [2.75, 3.05) is 26.2 Å². The molecule has 0 atom stereocenters. The molecule has 0 saturated carbocycles. The minimum absolute atomic E-state index is 0.00717. The number of carbonyl (C=O) groups is 1. The summed E-state index contributed by atoms with van der Waals surface area (Å²) in [6, 6.07) is 29.5. The van der Waals surface area contributed by atoms with E-state index in [4.69, 9.17) is 14.7 Å². The van der Waals surface area contributed by atoms with E-state index in [0.717, 1.165) is 65.0 Å². The van der Waals surface area contributed by atoms with Gasteiger partial charge in [-0.1, -0.05) is 65.8 Å². The summed E-state index contributed by atoms with van der Waals surface area (Å²) >= 11 is 4.30. The maximum absolute atomic E-state index is 13.5. The van der Waals surface area contributed by atoms with Crippen molar-refractivity contribution in [1.82, 2.24) is 14.8 Å².